The van der Waals surface area contributed by atoms with Gasteiger partial charge in [-0.3, -0.25) is 0 Å². The maximum atomic E-state index is 11.0. The molecule has 0 aliphatic rings. The first kappa shape index (κ1) is 23.1. The van der Waals surface area contributed by atoms with E-state index in [1.807, 2.05) is 0 Å². The Morgan fingerprint density at radius 2 is 1.87 bits per heavy atom. The van der Waals surface area contributed by atoms with Crippen LogP contribution in [0.25, 0.3) is 5.52 Å². The summed E-state index contributed by atoms with van der Waals surface area (Å²) in [6.07, 6.45) is -1.88. The quantitative estimate of drug-likeness (QED) is 0.557. The van der Waals surface area contributed by atoms with E-state index in [9.17, 15) is 18.0 Å². The van der Waals surface area contributed by atoms with Crippen molar-refractivity contribution in [3.63, 3.8) is 0 Å². The third kappa shape index (κ3) is 5.89. The van der Waals surface area contributed by atoms with Gasteiger partial charge in [0.25, 0.3) is 0 Å². The second-order valence-electron chi connectivity index (χ2n) is 6.97. The normalized spacial score (nSPS) is 11.7. The van der Waals surface area contributed by atoms with Crippen LogP contribution in [-0.2, 0) is 16.8 Å². The number of fused-ring (bicyclic) bond motifs is 1. The van der Waals surface area contributed by atoms with Gasteiger partial charge in [0, 0.05) is 29.3 Å². The topological polar surface area (TPSA) is 130 Å². The van der Waals surface area contributed by atoms with E-state index in [-0.39, 0.29) is 11.1 Å². The maximum absolute atomic E-state index is 11.0. The van der Waals surface area contributed by atoms with E-state index >= 15 is 0 Å². The molecule has 3 heterocycles. The number of alkyl halides is 3. The van der Waals surface area contributed by atoms with Crippen molar-refractivity contribution in [1.82, 2.24) is 19.6 Å². The molecule has 0 aromatic carbocycles. The van der Waals surface area contributed by atoms with Crippen molar-refractivity contribution in [1.29, 1.82) is 0 Å². The summed E-state index contributed by atoms with van der Waals surface area (Å²) >= 11 is 1.59. The van der Waals surface area contributed by atoms with Crippen molar-refractivity contribution in [3.8, 4) is 0 Å². The molecule has 9 nitrogen and oxygen atoms in total. The molecule has 3 N–H and O–H groups in total. The lowest BCUT2D eigenvalue weighted by atomic mass is 9.93. The third-order valence-corrected chi connectivity index (χ3v) is 4.43. The molecule has 0 aliphatic carbocycles. The van der Waals surface area contributed by atoms with Crippen molar-refractivity contribution in [2.75, 3.05) is 5.32 Å². The van der Waals surface area contributed by atoms with E-state index in [0.29, 0.717) is 17.9 Å². The lowest BCUT2D eigenvalue weighted by molar-refractivity contribution is -0.192. The highest BCUT2D eigenvalue weighted by atomic mass is 32.1. The number of anilines is 1. The lowest BCUT2D eigenvalue weighted by Crippen LogP contribution is -2.21. The first-order valence-electron chi connectivity index (χ1n) is 8.35. The molecule has 0 spiro atoms. The zero-order valence-corrected chi connectivity index (χ0v) is 16.9. The summed E-state index contributed by atoms with van der Waals surface area (Å²) in [7, 11) is 0. The van der Waals surface area contributed by atoms with Crippen molar-refractivity contribution >= 4 is 34.6 Å². The highest BCUT2D eigenvalue weighted by Crippen LogP contribution is 2.24. The van der Waals surface area contributed by atoms with Gasteiger partial charge in [-0.25, -0.2) is 24.1 Å². The number of hydrogen-bond acceptors (Lipinski definition) is 7. The van der Waals surface area contributed by atoms with Gasteiger partial charge in [-0.2, -0.15) is 18.3 Å². The number of nitrogens with one attached hydrogen (secondary N) is 1. The first-order valence-corrected chi connectivity index (χ1v) is 9.23. The minimum atomic E-state index is -5.08. The van der Waals surface area contributed by atoms with Gasteiger partial charge in [-0.15, -0.1) is 11.3 Å². The first-order chi connectivity index (χ1) is 13.8. The SMILES string of the molecule is CC(C)(C)c1csc(CNc2nccn3nc(C(=O)O)cc23)n1.O=C(O)C(F)(F)F. The molecule has 30 heavy (non-hydrogen) atoms. The Morgan fingerprint density at radius 3 is 2.37 bits per heavy atom. The van der Waals surface area contributed by atoms with Crippen LogP contribution in [0.1, 0.15) is 42.0 Å². The van der Waals surface area contributed by atoms with Gasteiger partial charge in [-0.05, 0) is 0 Å². The second kappa shape index (κ2) is 8.65. The number of aromatic carboxylic acids is 1. The third-order valence-electron chi connectivity index (χ3n) is 3.58. The average molecular weight is 445 g/mol. The fourth-order valence-electron chi connectivity index (χ4n) is 2.06. The standard InChI is InChI=1S/C15H17N5O2S.C2HF3O2/c1-15(2,3)11-8-23-12(18-11)7-17-13-10-6-9(14(21)22)19-20(10)5-4-16-13;3-2(4,5)1(6)7/h4-6,8H,7H2,1-3H3,(H,16,17)(H,21,22);(H,6,7). The maximum Gasteiger partial charge on any atom is 0.490 e. The Balaban J connectivity index is 0.000000396. The number of halogens is 3. The number of carbonyl (C=O) groups is 2. The van der Waals surface area contributed by atoms with Gasteiger partial charge in [-0.1, -0.05) is 20.8 Å². The van der Waals surface area contributed by atoms with Crippen LogP contribution >= 0.6 is 11.3 Å². The Labute approximate surface area is 172 Å². The monoisotopic (exact) mass is 445 g/mol. The number of aliphatic carboxylic acids is 1. The number of nitrogens with zero attached hydrogens (tertiary/aromatic N) is 4. The highest BCUT2D eigenvalue weighted by molar-refractivity contribution is 7.09. The summed E-state index contributed by atoms with van der Waals surface area (Å²) in [5.74, 6) is -3.23. The van der Waals surface area contributed by atoms with Gasteiger partial charge in [0.15, 0.2) is 11.5 Å². The van der Waals surface area contributed by atoms with Crippen LogP contribution in [0.2, 0.25) is 0 Å². The van der Waals surface area contributed by atoms with Crippen molar-refractivity contribution in [2.24, 2.45) is 0 Å². The molecule has 3 rings (SSSR count). The largest absolute Gasteiger partial charge is 0.490 e. The summed E-state index contributed by atoms with van der Waals surface area (Å²) in [6.45, 7) is 6.91. The average Bonchev–Trinajstić information content (AvgIpc) is 3.26. The Hall–Kier alpha value is -3.22. The molecular weight excluding hydrogens is 427 g/mol. The molecule has 13 heteroatoms. The Bertz CT molecular complexity index is 1060. The van der Waals surface area contributed by atoms with Gasteiger partial charge in [0.05, 0.1) is 12.2 Å². The Morgan fingerprint density at radius 1 is 1.23 bits per heavy atom. The molecule has 0 radical (unpaired) electrons. The van der Waals surface area contributed by atoms with Crippen LogP contribution < -0.4 is 5.32 Å². The molecule has 0 atom stereocenters. The smallest absolute Gasteiger partial charge is 0.476 e. The van der Waals surface area contributed by atoms with E-state index in [0.717, 1.165) is 10.7 Å². The zero-order chi connectivity index (χ0) is 22.7. The number of thiazole rings is 1. The van der Waals surface area contributed by atoms with Crippen LogP contribution in [0.3, 0.4) is 0 Å². The summed E-state index contributed by atoms with van der Waals surface area (Å²) in [6, 6.07) is 1.50. The van der Waals surface area contributed by atoms with Crippen molar-refractivity contribution in [3.05, 3.63) is 40.2 Å². The molecule has 0 fully saturated rings. The van der Waals surface area contributed by atoms with Gasteiger partial charge in [0.1, 0.15) is 10.5 Å². The molecule has 0 saturated heterocycles. The van der Waals surface area contributed by atoms with Crippen molar-refractivity contribution in [2.45, 2.75) is 38.9 Å². The number of hydrogen-bond donors (Lipinski definition) is 3. The van der Waals surface area contributed by atoms with Crippen LogP contribution in [-0.4, -0.2) is 47.9 Å². The molecule has 3 aromatic rings. The van der Waals surface area contributed by atoms with Crippen LogP contribution in [0.4, 0.5) is 19.0 Å². The van der Waals surface area contributed by atoms with Crippen molar-refractivity contribution < 1.29 is 33.0 Å². The molecular formula is C17H18F3N5O4S. The summed E-state index contributed by atoms with van der Waals surface area (Å²) in [5.41, 5.74) is 1.69. The van der Waals surface area contributed by atoms with Gasteiger partial charge in [0.2, 0.25) is 0 Å². The van der Waals surface area contributed by atoms with Crippen LogP contribution in [0.5, 0.6) is 0 Å². The molecule has 0 aliphatic heterocycles. The van der Waals surface area contributed by atoms with Gasteiger partial charge >= 0.3 is 18.1 Å². The predicted molar refractivity (Wildman–Crippen MR) is 102 cm³/mol. The molecule has 0 saturated carbocycles. The minimum Gasteiger partial charge on any atom is -0.476 e. The molecule has 3 aromatic heterocycles. The van der Waals surface area contributed by atoms with Gasteiger partial charge < -0.3 is 15.5 Å². The van der Waals surface area contributed by atoms with Crippen LogP contribution in [0.15, 0.2) is 23.8 Å². The van der Waals surface area contributed by atoms with E-state index < -0.39 is 18.1 Å². The molecule has 162 valence electrons. The number of carboxylic acids is 2. The van der Waals surface area contributed by atoms with E-state index in [1.54, 1.807) is 23.7 Å². The van der Waals surface area contributed by atoms with E-state index in [4.69, 9.17) is 15.0 Å². The summed E-state index contributed by atoms with van der Waals surface area (Å²) in [4.78, 5) is 28.8. The highest BCUT2D eigenvalue weighted by Gasteiger charge is 2.38. The predicted octanol–water partition coefficient (Wildman–Crippen LogP) is 3.43. The molecule has 0 amide bonds. The van der Waals surface area contributed by atoms with E-state index in [2.05, 4.69) is 46.5 Å². The summed E-state index contributed by atoms with van der Waals surface area (Å²) < 4.78 is 33.2. The fraction of sp³-hybridized carbons (Fsp3) is 0.353. The number of aromatic nitrogens is 4. The number of carboxylic acid groups (broad SMARTS) is 2. The lowest BCUT2D eigenvalue weighted by Gasteiger charge is -2.14. The molecule has 0 bridgehead atoms. The summed E-state index contributed by atoms with van der Waals surface area (Å²) in [5, 5.41) is 26.4. The van der Waals surface area contributed by atoms with Crippen LogP contribution in [0, 0.1) is 0 Å². The Kier molecular flexibility index (Phi) is 6.65. The number of rotatable bonds is 4. The second-order valence-corrected chi connectivity index (χ2v) is 7.92. The fourth-order valence-corrected chi connectivity index (χ4v) is 3.02. The minimum absolute atomic E-state index is 0.00897. The van der Waals surface area contributed by atoms with E-state index in [1.165, 1.54) is 10.6 Å². The zero-order valence-electron chi connectivity index (χ0n) is 16.1. The molecule has 0 unspecified atom stereocenters.